The Kier molecular flexibility index (Phi) is 13.9. The fraction of sp³-hybridized carbons (Fsp3) is 0. The molecule has 8 rings (SSSR count). The van der Waals surface area contributed by atoms with E-state index in [2.05, 4.69) is 44.2 Å². The van der Waals surface area contributed by atoms with Gasteiger partial charge in [-0.3, -0.25) is 42.6 Å². The van der Waals surface area contributed by atoms with Gasteiger partial charge in [0.15, 0.2) is 0 Å². The van der Waals surface area contributed by atoms with Crippen LogP contribution in [0.15, 0.2) is 144 Å². The van der Waals surface area contributed by atoms with Gasteiger partial charge in [-0.05, 0) is 47.8 Å². The molecule has 0 unspecified atom stereocenters. The predicted molar refractivity (Wildman–Crippen MR) is 181 cm³/mol. The molecule has 4 nitrogen and oxygen atoms in total. The van der Waals surface area contributed by atoms with Crippen LogP contribution in [0.25, 0.3) is 54.7 Å². The number of nitrogens with zero attached hydrogens (tertiary/aromatic N) is 4. The summed E-state index contributed by atoms with van der Waals surface area (Å²) < 4.78 is 1.32. The minimum Gasteiger partial charge on any atom is -0.355 e. The van der Waals surface area contributed by atoms with E-state index in [1.54, 1.807) is 35.1 Å². The zero-order valence-corrected chi connectivity index (χ0v) is 30.3. The van der Waals surface area contributed by atoms with Crippen LogP contribution in [-0.2, 0) is 42.1 Å². The largest absolute Gasteiger partial charge is 2.00 e. The molecule has 8 heteroatoms. The summed E-state index contributed by atoms with van der Waals surface area (Å²) in [6.07, 6.45) is 3.55. The van der Waals surface area contributed by atoms with E-state index in [1.165, 1.54) is 4.01 Å². The molecule has 6 heterocycles. The van der Waals surface area contributed by atoms with Crippen LogP contribution in [0, 0.1) is 24.3 Å². The summed E-state index contributed by atoms with van der Waals surface area (Å²) in [5, 5.41) is 5.08. The van der Waals surface area contributed by atoms with Crippen LogP contribution in [0.3, 0.4) is 0 Å². The van der Waals surface area contributed by atoms with Crippen LogP contribution in [0.2, 0.25) is 0 Å². The van der Waals surface area contributed by atoms with Crippen molar-refractivity contribution in [1.82, 2.24) is 19.9 Å². The molecule has 0 aliphatic carbocycles. The van der Waals surface area contributed by atoms with Crippen molar-refractivity contribution in [3.8, 4) is 45.3 Å². The third-order valence-electron chi connectivity index (χ3n) is 6.27. The van der Waals surface area contributed by atoms with Gasteiger partial charge in [-0.1, -0.05) is 36.4 Å². The third-order valence-corrected chi connectivity index (χ3v) is 8.15. The Morgan fingerprint density at radius 2 is 0.848 bits per heavy atom. The molecule has 0 amide bonds. The Labute approximate surface area is 305 Å². The monoisotopic (exact) mass is 990 g/mol. The van der Waals surface area contributed by atoms with Gasteiger partial charge >= 0.3 is 42.1 Å². The summed E-state index contributed by atoms with van der Waals surface area (Å²) in [6.45, 7) is 0. The normalized spacial score (nSPS) is 9.83. The van der Waals surface area contributed by atoms with E-state index in [0.717, 1.165) is 50.7 Å². The van der Waals surface area contributed by atoms with Crippen molar-refractivity contribution in [2.45, 2.75) is 0 Å². The summed E-state index contributed by atoms with van der Waals surface area (Å²) >= 11 is 3.45. The average Bonchev–Trinajstić information content (AvgIpc) is 3.77. The summed E-state index contributed by atoms with van der Waals surface area (Å²) in [7, 11) is 0. The Bertz CT molecular complexity index is 1740. The van der Waals surface area contributed by atoms with Gasteiger partial charge < -0.3 is 17.5 Å². The quantitative estimate of drug-likeness (QED) is 0.165. The summed E-state index contributed by atoms with van der Waals surface area (Å²) in [5.41, 5.74) is 7.35. The van der Waals surface area contributed by atoms with Crippen molar-refractivity contribution in [2.75, 3.05) is 0 Å². The number of benzene rings is 2. The minimum atomic E-state index is 0. The van der Waals surface area contributed by atoms with Gasteiger partial charge in [0.05, 0.1) is 22.8 Å². The number of fused-ring (bicyclic) bond motifs is 1. The fourth-order valence-electron chi connectivity index (χ4n) is 4.18. The van der Waals surface area contributed by atoms with Gasteiger partial charge in [0, 0.05) is 12.4 Å². The van der Waals surface area contributed by atoms with E-state index in [0.29, 0.717) is 0 Å². The van der Waals surface area contributed by atoms with Gasteiger partial charge in [0.1, 0.15) is 0 Å². The smallest absolute Gasteiger partial charge is 0.355 e. The molecule has 8 aromatic rings. The van der Waals surface area contributed by atoms with Gasteiger partial charge in [-0.15, -0.1) is 75.8 Å². The summed E-state index contributed by atoms with van der Waals surface area (Å²) in [6, 6.07) is 51.7. The number of hydrogen-bond acceptors (Lipinski definition) is 6. The maximum Gasteiger partial charge on any atom is 2.00 e. The Morgan fingerprint density at radius 1 is 0.413 bits per heavy atom. The Balaban J connectivity index is 0.000000163. The molecule has 0 aliphatic heterocycles. The maximum absolute atomic E-state index is 4.62. The van der Waals surface area contributed by atoms with Gasteiger partial charge in [-0.25, -0.2) is 0 Å². The molecule has 0 fully saturated rings. The van der Waals surface area contributed by atoms with E-state index in [1.807, 2.05) is 132 Å². The second-order valence-electron chi connectivity index (χ2n) is 9.22. The molecule has 0 saturated heterocycles. The first kappa shape index (κ1) is 34.9. The zero-order valence-electron chi connectivity index (χ0n) is 24.1. The van der Waals surface area contributed by atoms with Crippen LogP contribution < -0.4 is 0 Å². The second kappa shape index (κ2) is 18.3. The van der Waals surface area contributed by atoms with E-state index in [4.69, 9.17) is 0 Å². The van der Waals surface area contributed by atoms with Gasteiger partial charge in [0.25, 0.3) is 0 Å². The van der Waals surface area contributed by atoms with Crippen LogP contribution >= 0.6 is 22.7 Å². The summed E-state index contributed by atoms with van der Waals surface area (Å²) in [5.74, 6) is 0. The van der Waals surface area contributed by atoms with Crippen molar-refractivity contribution in [2.24, 2.45) is 0 Å². The average molecular weight is 991 g/mol. The number of rotatable bonds is 4. The molecule has 0 aliphatic rings. The fourth-order valence-corrected chi connectivity index (χ4v) is 5.73. The number of thiophene rings is 2. The second-order valence-corrected chi connectivity index (χ2v) is 11.2. The Morgan fingerprint density at radius 3 is 1.24 bits per heavy atom. The molecule has 2 aromatic carbocycles. The molecular weight excluding hydrogens is 967 g/mol. The molecule has 46 heavy (non-hydrogen) atoms. The zero-order chi connectivity index (χ0) is 29.8. The predicted octanol–water partition coefficient (Wildman–Crippen LogP) is 9.78. The first-order valence-corrected chi connectivity index (χ1v) is 15.5. The molecule has 0 radical (unpaired) electrons. The number of hydrogen-bond donors (Lipinski definition) is 0. The van der Waals surface area contributed by atoms with Crippen LogP contribution in [-0.4, -0.2) is 19.9 Å². The van der Waals surface area contributed by atoms with E-state index in [-0.39, 0.29) is 42.1 Å². The van der Waals surface area contributed by atoms with Crippen LogP contribution in [0.4, 0.5) is 0 Å². The standard InChI is InChI=1S/2C16H11N2.C6H2S2.2Pt/c2*1-2-7-13(8-3-1)14-10-6-11-16(18-14)15-9-4-5-12-17-15;1-3-7-6-5(1)2-4-8-6;;/h2*1-7,9-12H;3-4H;;/q2*-1;-2;2*+2. The van der Waals surface area contributed by atoms with E-state index >= 15 is 0 Å². The van der Waals surface area contributed by atoms with Crippen LogP contribution in [0.5, 0.6) is 0 Å². The van der Waals surface area contributed by atoms with Crippen molar-refractivity contribution < 1.29 is 42.1 Å². The first-order chi connectivity index (χ1) is 21.8. The molecule has 228 valence electrons. The molecule has 0 spiro atoms. The summed E-state index contributed by atoms with van der Waals surface area (Å²) in [4.78, 5) is 17.9. The molecular formula is C38H24N4Pt2S2. The number of aromatic nitrogens is 4. The van der Waals surface area contributed by atoms with E-state index < -0.39 is 0 Å². The van der Waals surface area contributed by atoms with Crippen molar-refractivity contribution in [1.29, 1.82) is 0 Å². The molecule has 0 bridgehead atoms. The maximum atomic E-state index is 4.62. The van der Waals surface area contributed by atoms with Crippen LogP contribution in [0.1, 0.15) is 0 Å². The third kappa shape index (κ3) is 9.54. The van der Waals surface area contributed by atoms with Crippen molar-refractivity contribution in [3.63, 3.8) is 0 Å². The van der Waals surface area contributed by atoms with Gasteiger partial charge in [0.2, 0.25) is 0 Å². The SMILES string of the molecule is [Pt+2].[Pt+2].[c-]1ccccc1-c1cccc(-c2ccccn2)n1.[c-]1ccccc1-c1cccc(-c2ccccn2)n1.[c-]1csc2sc[c-]c12. The van der Waals surface area contributed by atoms with Crippen molar-refractivity contribution in [3.05, 3.63) is 169 Å². The number of pyridine rings is 4. The van der Waals surface area contributed by atoms with Crippen molar-refractivity contribution >= 4 is 32.1 Å². The molecule has 6 aromatic heterocycles. The molecule has 0 N–H and O–H groups in total. The van der Waals surface area contributed by atoms with E-state index in [9.17, 15) is 0 Å². The minimum absolute atomic E-state index is 0. The molecule has 0 saturated carbocycles. The topological polar surface area (TPSA) is 51.6 Å². The van der Waals surface area contributed by atoms with Gasteiger partial charge in [-0.2, -0.15) is 10.8 Å². The first-order valence-electron chi connectivity index (χ1n) is 13.8. The molecule has 0 atom stereocenters. The Hall–Kier alpha value is -3.92.